The Balaban J connectivity index is 1.75. The Morgan fingerprint density at radius 1 is 1.13 bits per heavy atom. The SMILES string of the molecule is Cc1nn(-c2cccc(Cl)c2)c2nc(-c3ccco3)cc(C(=O)N3CCOCC3)c12. The summed E-state index contributed by atoms with van der Waals surface area (Å²) in [4.78, 5) is 20.0. The van der Waals surface area contributed by atoms with Gasteiger partial charge in [0.25, 0.3) is 5.91 Å². The van der Waals surface area contributed by atoms with Crippen LogP contribution < -0.4 is 0 Å². The minimum atomic E-state index is -0.0627. The number of morpholine rings is 1. The number of aromatic nitrogens is 3. The number of halogens is 1. The van der Waals surface area contributed by atoms with Gasteiger partial charge < -0.3 is 14.1 Å². The van der Waals surface area contributed by atoms with Crippen LogP contribution in [0.15, 0.2) is 53.1 Å². The number of furan rings is 1. The zero-order valence-electron chi connectivity index (χ0n) is 16.3. The van der Waals surface area contributed by atoms with E-state index in [9.17, 15) is 4.79 Å². The maximum absolute atomic E-state index is 13.4. The first-order chi connectivity index (χ1) is 14.6. The van der Waals surface area contributed by atoms with Crippen molar-refractivity contribution in [1.82, 2.24) is 19.7 Å². The first kappa shape index (κ1) is 18.8. The first-order valence-corrected chi connectivity index (χ1v) is 10.1. The number of hydrogen-bond donors (Lipinski definition) is 0. The minimum Gasteiger partial charge on any atom is -0.463 e. The summed E-state index contributed by atoms with van der Waals surface area (Å²) in [5.41, 5.74) is 3.21. The molecule has 7 nitrogen and oxygen atoms in total. The minimum absolute atomic E-state index is 0.0627. The summed E-state index contributed by atoms with van der Waals surface area (Å²) in [5, 5.41) is 6.00. The number of amides is 1. The zero-order valence-corrected chi connectivity index (χ0v) is 17.1. The molecule has 4 aromatic rings. The fourth-order valence-corrected chi connectivity index (χ4v) is 3.92. The summed E-state index contributed by atoms with van der Waals surface area (Å²) in [5.74, 6) is 0.525. The molecule has 1 aliphatic rings. The highest BCUT2D eigenvalue weighted by Gasteiger charge is 2.26. The van der Waals surface area contributed by atoms with Gasteiger partial charge in [-0.15, -0.1) is 0 Å². The van der Waals surface area contributed by atoms with Crippen LogP contribution in [0.4, 0.5) is 0 Å². The molecule has 5 rings (SSSR count). The Morgan fingerprint density at radius 2 is 1.97 bits per heavy atom. The molecule has 0 N–H and O–H groups in total. The average molecular weight is 423 g/mol. The van der Waals surface area contributed by atoms with E-state index in [1.165, 1.54) is 0 Å². The number of pyridine rings is 1. The number of aryl methyl sites for hydroxylation is 1. The molecule has 8 heteroatoms. The topological polar surface area (TPSA) is 73.4 Å². The zero-order chi connectivity index (χ0) is 20.7. The van der Waals surface area contributed by atoms with Gasteiger partial charge >= 0.3 is 0 Å². The number of carbonyl (C=O) groups excluding carboxylic acids is 1. The summed E-state index contributed by atoms with van der Waals surface area (Å²) in [7, 11) is 0. The standard InChI is InChI=1S/C22H19ClN4O3/c1-14-20-17(22(28)26-7-10-29-11-8-26)13-18(19-6-3-9-30-19)24-21(20)27(25-14)16-5-2-4-15(23)12-16/h2-6,9,12-13H,7-8,10-11H2,1H3. The smallest absolute Gasteiger partial charge is 0.254 e. The van der Waals surface area contributed by atoms with E-state index < -0.39 is 0 Å². The lowest BCUT2D eigenvalue weighted by molar-refractivity contribution is 0.0304. The van der Waals surface area contributed by atoms with Gasteiger partial charge in [-0.1, -0.05) is 17.7 Å². The van der Waals surface area contributed by atoms with Crippen LogP contribution in [0.1, 0.15) is 16.1 Å². The number of rotatable bonds is 3. The van der Waals surface area contributed by atoms with E-state index in [-0.39, 0.29) is 5.91 Å². The van der Waals surface area contributed by atoms with Crippen LogP contribution in [0.25, 0.3) is 28.2 Å². The van der Waals surface area contributed by atoms with Crippen LogP contribution in [0.3, 0.4) is 0 Å². The van der Waals surface area contributed by atoms with Crippen LogP contribution in [-0.4, -0.2) is 51.9 Å². The van der Waals surface area contributed by atoms with Crippen LogP contribution >= 0.6 is 11.6 Å². The van der Waals surface area contributed by atoms with Gasteiger partial charge in [0.1, 0.15) is 5.69 Å². The molecule has 1 aliphatic heterocycles. The summed E-state index contributed by atoms with van der Waals surface area (Å²) in [6, 6.07) is 12.8. The quantitative estimate of drug-likeness (QED) is 0.496. The van der Waals surface area contributed by atoms with Gasteiger partial charge in [0.2, 0.25) is 0 Å². The lowest BCUT2D eigenvalue weighted by Gasteiger charge is -2.27. The summed E-state index contributed by atoms with van der Waals surface area (Å²) < 4.78 is 12.7. The summed E-state index contributed by atoms with van der Waals surface area (Å²) in [6.45, 7) is 4.06. The van der Waals surface area contributed by atoms with Gasteiger partial charge in [-0.3, -0.25) is 4.79 Å². The molecule has 0 atom stereocenters. The Labute approximate surface area is 177 Å². The first-order valence-electron chi connectivity index (χ1n) is 9.69. The van der Waals surface area contributed by atoms with E-state index in [2.05, 4.69) is 5.10 Å². The van der Waals surface area contributed by atoms with E-state index in [1.54, 1.807) is 34.0 Å². The van der Waals surface area contributed by atoms with Crippen LogP contribution in [-0.2, 0) is 4.74 Å². The molecular weight excluding hydrogens is 404 g/mol. The van der Waals surface area contributed by atoms with E-state index >= 15 is 0 Å². The molecule has 0 aliphatic carbocycles. The van der Waals surface area contributed by atoms with Crippen molar-refractivity contribution in [2.24, 2.45) is 0 Å². The molecule has 0 spiro atoms. The molecule has 0 saturated carbocycles. The molecule has 152 valence electrons. The number of carbonyl (C=O) groups is 1. The Morgan fingerprint density at radius 3 is 2.70 bits per heavy atom. The number of fused-ring (bicyclic) bond motifs is 1. The van der Waals surface area contributed by atoms with Crippen molar-refractivity contribution < 1.29 is 13.9 Å². The third-order valence-corrected chi connectivity index (χ3v) is 5.40. The Kier molecular flexibility index (Phi) is 4.77. The molecule has 0 bridgehead atoms. The lowest BCUT2D eigenvalue weighted by atomic mass is 10.1. The maximum Gasteiger partial charge on any atom is 0.254 e. The second-order valence-corrected chi connectivity index (χ2v) is 7.55. The van der Waals surface area contributed by atoms with Gasteiger partial charge in [-0.05, 0) is 43.3 Å². The maximum atomic E-state index is 13.4. The molecule has 3 aromatic heterocycles. The summed E-state index contributed by atoms with van der Waals surface area (Å²) >= 11 is 6.20. The third kappa shape index (κ3) is 3.26. The second-order valence-electron chi connectivity index (χ2n) is 7.11. The van der Waals surface area contributed by atoms with Gasteiger partial charge in [0, 0.05) is 18.1 Å². The average Bonchev–Trinajstić information content (AvgIpc) is 3.42. The van der Waals surface area contributed by atoms with Crippen molar-refractivity contribution in [2.45, 2.75) is 6.92 Å². The van der Waals surface area contributed by atoms with Crippen molar-refractivity contribution in [3.05, 3.63) is 65.0 Å². The van der Waals surface area contributed by atoms with Crippen molar-refractivity contribution in [2.75, 3.05) is 26.3 Å². The molecule has 1 fully saturated rings. The fourth-order valence-electron chi connectivity index (χ4n) is 3.73. The van der Waals surface area contributed by atoms with E-state index in [0.717, 1.165) is 16.8 Å². The molecule has 1 saturated heterocycles. The van der Waals surface area contributed by atoms with Crippen LogP contribution in [0, 0.1) is 6.92 Å². The van der Waals surface area contributed by atoms with Crippen molar-refractivity contribution in [1.29, 1.82) is 0 Å². The number of benzene rings is 1. The van der Waals surface area contributed by atoms with Crippen molar-refractivity contribution >= 4 is 28.5 Å². The van der Waals surface area contributed by atoms with E-state index in [4.69, 9.17) is 25.7 Å². The van der Waals surface area contributed by atoms with E-state index in [0.29, 0.717) is 54.0 Å². The predicted molar refractivity (Wildman–Crippen MR) is 113 cm³/mol. The van der Waals surface area contributed by atoms with E-state index in [1.807, 2.05) is 31.2 Å². The monoisotopic (exact) mass is 422 g/mol. The highest BCUT2D eigenvalue weighted by molar-refractivity contribution is 6.30. The van der Waals surface area contributed by atoms with Gasteiger partial charge in [0.15, 0.2) is 11.4 Å². The predicted octanol–water partition coefficient (Wildman–Crippen LogP) is 4.11. The van der Waals surface area contributed by atoms with Gasteiger partial charge in [-0.2, -0.15) is 5.10 Å². The van der Waals surface area contributed by atoms with Crippen molar-refractivity contribution in [3.63, 3.8) is 0 Å². The molecule has 0 radical (unpaired) electrons. The van der Waals surface area contributed by atoms with Crippen molar-refractivity contribution in [3.8, 4) is 17.1 Å². The van der Waals surface area contributed by atoms with Crippen LogP contribution in [0.5, 0.6) is 0 Å². The Hall–Kier alpha value is -3.16. The molecule has 1 amide bonds. The summed E-state index contributed by atoms with van der Waals surface area (Å²) in [6.07, 6.45) is 1.59. The largest absolute Gasteiger partial charge is 0.463 e. The third-order valence-electron chi connectivity index (χ3n) is 5.17. The lowest BCUT2D eigenvalue weighted by Crippen LogP contribution is -2.40. The number of ether oxygens (including phenoxy) is 1. The highest BCUT2D eigenvalue weighted by Crippen LogP contribution is 2.30. The fraction of sp³-hybridized carbons (Fsp3) is 0.227. The molecular formula is C22H19ClN4O3. The number of hydrogen-bond acceptors (Lipinski definition) is 5. The molecule has 1 aromatic carbocycles. The second kappa shape index (κ2) is 7.59. The van der Waals surface area contributed by atoms with Crippen LogP contribution in [0.2, 0.25) is 5.02 Å². The normalized spacial score (nSPS) is 14.4. The number of nitrogens with zero attached hydrogens (tertiary/aromatic N) is 4. The van der Waals surface area contributed by atoms with Gasteiger partial charge in [0.05, 0.1) is 41.8 Å². The molecule has 0 unspecified atom stereocenters. The van der Waals surface area contributed by atoms with Gasteiger partial charge in [-0.25, -0.2) is 9.67 Å². The Bertz CT molecular complexity index is 1230. The molecule has 4 heterocycles. The molecule has 30 heavy (non-hydrogen) atoms. The highest BCUT2D eigenvalue weighted by atomic mass is 35.5.